The van der Waals surface area contributed by atoms with Crippen molar-refractivity contribution in [3.05, 3.63) is 34.6 Å². The molecule has 0 saturated carbocycles. The van der Waals surface area contributed by atoms with E-state index in [4.69, 9.17) is 0 Å². The van der Waals surface area contributed by atoms with Crippen LogP contribution in [0.5, 0.6) is 0 Å². The van der Waals surface area contributed by atoms with E-state index in [1.807, 2.05) is 24.3 Å². The Morgan fingerprint density at radius 1 is 1.41 bits per heavy atom. The maximum absolute atomic E-state index is 11.8. The van der Waals surface area contributed by atoms with Crippen LogP contribution in [0.1, 0.15) is 0 Å². The number of aromatic nitrogens is 1. The lowest BCUT2D eigenvalue weighted by Gasteiger charge is -1.98. The summed E-state index contributed by atoms with van der Waals surface area (Å²) in [5.74, 6) is 0.715. The van der Waals surface area contributed by atoms with Gasteiger partial charge in [-0.05, 0) is 23.5 Å². The molecule has 0 fully saturated rings. The number of benzene rings is 1. The Bertz CT molecular complexity index is 649. The molecule has 0 unspecified atom stereocenters. The first-order chi connectivity index (χ1) is 8.33. The SMILES string of the molecule is O=c1[nH+]c(NC2=NCCN2)sc2ccccc12. The molecule has 0 spiro atoms. The van der Waals surface area contributed by atoms with Gasteiger partial charge in [0.2, 0.25) is 0 Å². The van der Waals surface area contributed by atoms with E-state index in [9.17, 15) is 4.79 Å². The minimum atomic E-state index is -0.0829. The normalized spacial score (nSPS) is 14.5. The molecule has 1 aliphatic heterocycles. The quantitative estimate of drug-likeness (QED) is 0.768. The second-order valence-corrected chi connectivity index (χ2v) is 4.72. The van der Waals surface area contributed by atoms with Crippen LogP contribution in [0.4, 0.5) is 5.13 Å². The summed E-state index contributed by atoms with van der Waals surface area (Å²) in [4.78, 5) is 18.9. The number of aromatic amines is 1. The smallest absolute Gasteiger partial charge is 0.335 e. The summed E-state index contributed by atoms with van der Waals surface area (Å²) in [5, 5.41) is 7.58. The van der Waals surface area contributed by atoms with Crippen molar-refractivity contribution in [3.8, 4) is 0 Å². The highest BCUT2D eigenvalue weighted by molar-refractivity contribution is 7.21. The number of nitrogens with zero attached hydrogens (tertiary/aromatic N) is 1. The molecule has 0 bridgehead atoms. The topological polar surface area (TPSA) is 67.6 Å². The minimum Gasteiger partial charge on any atom is -0.335 e. The molecule has 0 atom stereocenters. The van der Waals surface area contributed by atoms with Gasteiger partial charge in [0, 0.05) is 11.2 Å². The molecule has 1 aliphatic rings. The average Bonchev–Trinajstić information content (AvgIpc) is 2.82. The minimum absolute atomic E-state index is 0.0829. The van der Waals surface area contributed by atoms with E-state index < -0.39 is 0 Å². The zero-order valence-electron chi connectivity index (χ0n) is 8.99. The molecule has 3 rings (SSSR count). The Morgan fingerprint density at radius 3 is 3.12 bits per heavy atom. The van der Waals surface area contributed by atoms with E-state index in [-0.39, 0.29) is 5.56 Å². The monoisotopic (exact) mass is 247 g/mol. The molecule has 0 saturated heterocycles. The molecule has 86 valence electrons. The number of guanidine groups is 1. The number of fused-ring (bicyclic) bond motifs is 1. The predicted octanol–water partition coefficient (Wildman–Crippen LogP) is 0.447. The van der Waals surface area contributed by atoms with Crippen molar-refractivity contribution in [2.45, 2.75) is 0 Å². The molecular weight excluding hydrogens is 236 g/mol. The summed E-state index contributed by atoms with van der Waals surface area (Å²) in [6, 6.07) is 7.54. The van der Waals surface area contributed by atoms with E-state index >= 15 is 0 Å². The summed E-state index contributed by atoms with van der Waals surface area (Å²) in [6.07, 6.45) is 0. The number of nitrogens with one attached hydrogen (secondary N) is 3. The van der Waals surface area contributed by atoms with Crippen molar-refractivity contribution >= 4 is 32.5 Å². The second-order valence-electron chi connectivity index (χ2n) is 3.66. The van der Waals surface area contributed by atoms with Gasteiger partial charge in [-0.25, -0.2) is 15.1 Å². The fourth-order valence-corrected chi connectivity index (χ4v) is 2.62. The zero-order valence-corrected chi connectivity index (χ0v) is 9.80. The fraction of sp³-hybridized carbons (Fsp3) is 0.182. The predicted molar refractivity (Wildman–Crippen MR) is 68.6 cm³/mol. The summed E-state index contributed by atoms with van der Waals surface area (Å²) in [7, 11) is 0. The summed E-state index contributed by atoms with van der Waals surface area (Å²) in [6.45, 7) is 1.61. The van der Waals surface area contributed by atoms with E-state index in [1.165, 1.54) is 11.3 Å². The molecular formula is C11H11N4OS+. The van der Waals surface area contributed by atoms with Crippen molar-refractivity contribution in [3.63, 3.8) is 0 Å². The lowest BCUT2D eigenvalue weighted by molar-refractivity contribution is -0.373. The van der Waals surface area contributed by atoms with Gasteiger partial charge in [-0.3, -0.25) is 0 Å². The molecule has 5 nitrogen and oxygen atoms in total. The Morgan fingerprint density at radius 2 is 2.29 bits per heavy atom. The van der Waals surface area contributed by atoms with Gasteiger partial charge in [-0.2, -0.15) is 4.98 Å². The van der Waals surface area contributed by atoms with Crippen molar-refractivity contribution in [1.82, 2.24) is 5.32 Å². The number of hydrogen-bond acceptors (Lipinski definition) is 5. The summed E-state index contributed by atoms with van der Waals surface area (Å²) in [5.41, 5.74) is -0.0829. The first-order valence-corrected chi connectivity index (χ1v) is 6.15. The number of hydrogen-bond donors (Lipinski definition) is 2. The van der Waals surface area contributed by atoms with Crippen LogP contribution in [-0.4, -0.2) is 19.0 Å². The lowest BCUT2D eigenvalue weighted by atomic mass is 10.3. The maximum atomic E-state index is 11.8. The Hall–Kier alpha value is -1.95. The number of aliphatic imine (C=N–C) groups is 1. The van der Waals surface area contributed by atoms with Crippen LogP contribution in [0, 0.1) is 0 Å². The average molecular weight is 247 g/mol. The van der Waals surface area contributed by atoms with Crippen LogP contribution in [0.3, 0.4) is 0 Å². The molecule has 0 radical (unpaired) electrons. The second kappa shape index (κ2) is 4.14. The molecule has 3 N–H and O–H groups in total. The third-order valence-electron chi connectivity index (χ3n) is 2.48. The van der Waals surface area contributed by atoms with E-state index in [2.05, 4.69) is 20.6 Å². The van der Waals surface area contributed by atoms with E-state index in [1.54, 1.807) is 0 Å². The Kier molecular flexibility index (Phi) is 2.49. The van der Waals surface area contributed by atoms with Gasteiger partial charge in [0.05, 0.1) is 11.9 Å². The van der Waals surface area contributed by atoms with E-state index in [0.29, 0.717) is 16.5 Å². The van der Waals surface area contributed by atoms with Gasteiger partial charge >= 0.3 is 10.7 Å². The molecule has 17 heavy (non-hydrogen) atoms. The third kappa shape index (κ3) is 1.99. The van der Waals surface area contributed by atoms with Crippen molar-refractivity contribution < 1.29 is 4.98 Å². The molecule has 2 heterocycles. The van der Waals surface area contributed by atoms with Crippen LogP contribution < -0.4 is 21.2 Å². The highest BCUT2D eigenvalue weighted by atomic mass is 32.1. The summed E-state index contributed by atoms with van der Waals surface area (Å²) >= 11 is 1.50. The largest absolute Gasteiger partial charge is 0.342 e. The first-order valence-electron chi connectivity index (χ1n) is 5.33. The number of H-pyrrole nitrogens is 1. The molecule has 2 aromatic rings. The van der Waals surface area contributed by atoms with Gasteiger partial charge in [0.15, 0.2) is 0 Å². The van der Waals surface area contributed by atoms with Gasteiger partial charge in [-0.1, -0.05) is 12.1 Å². The first kappa shape index (κ1) is 10.2. The molecule has 6 heteroatoms. The molecule has 1 aromatic carbocycles. The zero-order chi connectivity index (χ0) is 11.7. The van der Waals surface area contributed by atoms with Crippen LogP contribution in [0.15, 0.2) is 34.1 Å². The van der Waals surface area contributed by atoms with Crippen molar-refractivity contribution in [2.75, 3.05) is 18.4 Å². The molecule has 0 amide bonds. The molecule has 0 aliphatic carbocycles. The van der Waals surface area contributed by atoms with Crippen LogP contribution in [0.25, 0.3) is 10.1 Å². The highest BCUT2D eigenvalue weighted by Crippen LogP contribution is 2.18. The summed E-state index contributed by atoms with van der Waals surface area (Å²) < 4.78 is 0.956. The standard InChI is InChI=1S/C11H10N4OS/c16-9-7-3-1-2-4-8(7)17-11(14-9)15-10-12-5-6-13-10/h1-4H,5-6H2,(H2,12,13,14,15,16)/p+1. The Labute approximate surface area is 101 Å². The number of anilines is 1. The van der Waals surface area contributed by atoms with Crippen LogP contribution >= 0.6 is 11.3 Å². The third-order valence-corrected chi connectivity index (χ3v) is 3.46. The van der Waals surface area contributed by atoms with Gasteiger partial charge in [-0.15, -0.1) is 0 Å². The van der Waals surface area contributed by atoms with Gasteiger partial charge in [0.1, 0.15) is 0 Å². The molecule has 1 aromatic heterocycles. The van der Waals surface area contributed by atoms with Crippen molar-refractivity contribution in [2.24, 2.45) is 4.99 Å². The van der Waals surface area contributed by atoms with Crippen LogP contribution in [-0.2, 0) is 0 Å². The Balaban J connectivity index is 2.03. The highest BCUT2D eigenvalue weighted by Gasteiger charge is 2.14. The fourth-order valence-electron chi connectivity index (χ4n) is 1.70. The number of rotatable bonds is 1. The lowest BCUT2D eigenvalue weighted by Crippen LogP contribution is -2.34. The van der Waals surface area contributed by atoms with Crippen LogP contribution in [0.2, 0.25) is 0 Å². The van der Waals surface area contributed by atoms with Gasteiger partial charge < -0.3 is 5.32 Å². The maximum Gasteiger partial charge on any atom is 0.342 e. The van der Waals surface area contributed by atoms with E-state index in [0.717, 1.165) is 17.8 Å². The van der Waals surface area contributed by atoms with Gasteiger partial charge in [0.25, 0.3) is 5.96 Å². The van der Waals surface area contributed by atoms with Crippen molar-refractivity contribution in [1.29, 1.82) is 0 Å².